The average molecular weight is 274 g/mol. The predicted octanol–water partition coefficient (Wildman–Crippen LogP) is 1.82. The van der Waals surface area contributed by atoms with E-state index in [1.807, 2.05) is 6.26 Å². The summed E-state index contributed by atoms with van der Waals surface area (Å²) in [5, 5.41) is 15.0. The number of thioether (sulfide) groups is 1. The van der Waals surface area contributed by atoms with Crippen molar-refractivity contribution in [3.63, 3.8) is 0 Å². The Morgan fingerprint density at radius 1 is 1.44 bits per heavy atom. The number of nitrogens with one attached hydrogen (secondary N) is 2. The molecule has 1 saturated carbocycles. The fraction of sp³-hybridized carbons (Fsp3) is 0.833. The number of hydrogen-bond donors (Lipinski definition) is 3. The van der Waals surface area contributed by atoms with Gasteiger partial charge < -0.3 is 15.7 Å². The number of urea groups is 1. The average Bonchev–Trinajstić information content (AvgIpc) is 2.25. The maximum Gasteiger partial charge on any atom is 0.315 e. The van der Waals surface area contributed by atoms with Gasteiger partial charge in [0.25, 0.3) is 0 Å². The molecule has 0 bridgehead atoms. The van der Waals surface area contributed by atoms with E-state index in [1.54, 1.807) is 11.8 Å². The van der Waals surface area contributed by atoms with Gasteiger partial charge in [-0.25, -0.2) is 4.79 Å². The second-order valence-corrected chi connectivity index (χ2v) is 6.20. The highest BCUT2D eigenvalue weighted by Gasteiger charge is 2.40. The van der Waals surface area contributed by atoms with Gasteiger partial charge in [-0.2, -0.15) is 11.8 Å². The molecule has 0 aromatic heterocycles. The molecule has 18 heavy (non-hydrogen) atoms. The van der Waals surface area contributed by atoms with E-state index in [0.29, 0.717) is 11.8 Å². The first-order valence-corrected chi connectivity index (χ1v) is 7.57. The molecule has 104 valence electrons. The number of rotatable bonds is 7. The summed E-state index contributed by atoms with van der Waals surface area (Å²) in [6, 6.07) is -0.246. The van der Waals surface area contributed by atoms with Crippen LogP contribution in [0.2, 0.25) is 0 Å². The lowest BCUT2D eigenvalue weighted by Crippen LogP contribution is -2.57. The van der Waals surface area contributed by atoms with Crippen molar-refractivity contribution in [2.45, 2.75) is 49.8 Å². The Kier molecular flexibility index (Phi) is 5.78. The molecule has 3 N–H and O–H groups in total. The van der Waals surface area contributed by atoms with Crippen LogP contribution >= 0.6 is 11.8 Å². The standard InChI is InChI=1S/C12H22N2O3S/c1-9(18-2)4-7-13-11(17)14-12(5-3-6-12)8-10(15)16/h9H,3-8H2,1-2H3,(H,15,16)(H2,13,14,17). The Morgan fingerprint density at radius 3 is 2.56 bits per heavy atom. The van der Waals surface area contributed by atoms with E-state index < -0.39 is 11.5 Å². The maximum atomic E-state index is 11.7. The highest BCUT2D eigenvalue weighted by molar-refractivity contribution is 7.99. The molecule has 0 radical (unpaired) electrons. The fourth-order valence-electron chi connectivity index (χ4n) is 2.03. The van der Waals surface area contributed by atoms with Crippen molar-refractivity contribution in [1.29, 1.82) is 0 Å². The lowest BCUT2D eigenvalue weighted by atomic mass is 9.74. The molecule has 1 aliphatic carbocycles. The lowest BCUT2D eigenvalue weighted by molar-refractivity contribution is -0.139. The highest BCUT2D eigenvalue weighted by Crippen LogP contribution is 2.34. The summed E-state index contributed by atoms with van der Waals surface area (Å²) in [5.74, 6) is -0.856. The molecule has 6 heteroatoms. The number of hydrogen-bond acceptors (Lipinski definition) is 3. The number of carboxylic acids is 1. The molecular weight excluding hydrogens is 252 g/mol. The Morgan fingerprint density at radius 2 is 2.11 bits per heavy atom. The molecule has 5 nitrogen and oxygen atoms in total. The maximum absolute atomic E-state index is 11.7. The zero-order valence-electron chi connectivity index (χ0n) is 11.0. The van der Waals surface area contributed by atoms with Crippen LogP contribution in [0.25, 0.3) is 0 Å². The summed E-state index contributed by atoms with van der Waals surface area (Å²) in [7, 11) is 0. The number of carboxylic acid groups (broad SMARTS) is 1. The van der Waals surface area contributed by atoms with Gasteiger partial charge in [-0.1, -0.05) is 6.92 Å². The van der Waals surface area contributed by atoms with Crippen molar-refractivity contribution in [3.8, 4) is 0 Å². The molecule has 0 aliphatic heterocycles. The smallest absolute Gasteiger partial charge is 0.315 e. The SMILES string of the molecule is CSC(C)CCNC(=O)NC1(CC(=O)O)CCC1. The van der Waals surface area contributed by atoms with Gasteiger partial charge in [-0.15, -0.1) is 0 Å². The van der Waals surface area contributed by atoms with Gasteiger partial charge in [-0.3, -0.25) is 4.79 Å². The van der Waals surface area contributed by atoms with Crippen LogP contribution in [-0.4, -0.2) is 40.7 Å². The zero-order chi connectivity index (χ0) is 13.6. The van der Waals surface area contributed by atoms with Gasteiger partial charge >= 0.3 is 12.0 Å². The van der Waals surface area contributed by atoms with Crippen LogP contribution in [0.3, 0.4) is 0 Å². The second kappa shape index (κ2) is 6.87. The molecule has 1 aliphatic rings. The first-order valence-electron chi connectivity index (χ1n) is 6.28. The Hall–Kier alpha value is -0.910. The molecule has 0 aromatic rings. The zero-order valence-corrected chi connectivity index (χ0v) is 11.8. The topological polar surface area (TPSA) is 78.4 Å². The first-order chi connectivity index (χ1) is 8.47. The van der Waals surface area contributed by atoms with Crippen molar-refractivity contribution in [3.05, 3.63) is 0 Å². The quantitative estimate of drug-likeness (QED) is 0.662. The minimum Gasteiger partial charge on any atom is -0.481 e. The van der Waals surface area contributed by atoms with Crippen molar-refractivity contribution >= 4 is 23.8 Å². The van der Waals surface area contributed by atoms with Crippen LogP contribution < -0.4 is 10.6 Å². The second-order valence-electron chi connectivity index (χ2n) is 4.92. The monoisotopic (exact) mass is 274 g/mol. The highest BCUT2D eigenvalue weighted by atomic mass is 32.2. The predicted molar refractivity (Wildman–Crippen MR) is 73.0 cm³/mol. The van der Waals surface area contributed by atoms with E-state index >= 15 is 0 Å². The van der Waals surface area contributed by atoms with Crippen LogP contribution in [0, 0.1) is 0 Å². The van der Waals surface area contributed by atoms with Crippen molar-refractivity contribution in [2.24, 2.45) is 0 Å². The molecule has 1 atom stereocenters. The van der Waals surface area contributed by atoms with Crippen LogP contribution in [0.1, 0.15) is 39.0 Å². The molecule has 0 heterocycles. The summed E-state index contributed by atoms with van der Waals surface area (Å²) in [6.45, 7) is 2.74. The molecule has 1 unspecified atom stereocenters. The molecule has 0 spiro atoms. The molecule has 0 aromatic carbocycles. The van der Waals surface area contributed by atoms with Gasteiger partial charge in [-0.05, 0) is 31.9 Å². The van der Waals surface area contributed by atoms with Gasteiger partial charge in [0.15, 0.2) is 0 Å². The van der Waals surface area contributed by atoms with Crippen LogP contribution in [0.15, 0.2) is 0 Å². The van der Waals surface area contributed by atoms with E-state index in [9.17, 15) is 9.59 Å². The number of carbonyl (C=O) groups is 2. The summed E-state index contributed by atoms with van der Waals surface area (Å²) in [4.78, 5) is 22.4. The van der Waals surface area contributed by atoms with Crippen molar-refractivity contribution in [1.82, 2.24) is 10.6 Å². The van der Waals surface area contributed by atoms with Gasteiger partial charge in [0.2, 0.25) is 0 Å². The van der Waals surface area contributed by atoms with E-state index in [4.69, 9.17) is 5.11 Å². The Labute approximate surface area is 112 Å². The summed E-state index contributed by atoms with van der Waals surface area (Å²) in [6.07, 6.45) is 5.47. The molecule has 0 saturated heterocycles. The lowest BCUT2D eigenvalue weighted by Gasteiger charge is -2.41. The molecule has 1 rings (SSSR count). The van der Waals surface area contributed by atoms with E-state index in [2.05, 4.69) is 17.6 Å². The van der Waals surface area contributed by atoms with E-state index in [0.717, 1.165) is 25.7 Å². The fourth-order valence-corrected chi connectivity index (χ4v) is 2.38. The third kappa shape index (κ3) is 4.76. The Bertz CT molecular complexity index is 306. The first kappa shape index (κ1) is 15.1. The third-order valence-electron chi connectivity index (χ3n) is 3.42. The third-order valence-corrected chi connectivity index (χ3v) is 4.46. The summed E-state index contributed by atoms with van der Waals surface area (Å²) >= 11 is 1.76. The Balaban J connectivity index is 2.28. The van der Waals surface area contributed by atoms with E-state index in [-0.39, 0.29) is 12.5 Å². The molecular formula is C12H22N2O3S. The molecule has 2 amide bonds. The van der Waals surface area contributed by atoms with Gasteiger partial charge in [0.05, 0.1) is 12.0 Å². The van der Waals surface area contributed by atoms with E-state index in [1.165, 1.54) is 0 Å². The minimum atomic E-state index is -0.856. The summed E-state index contributed by atoms with van der Waals surface area (Å²) < 4.78 is 0. The molecule has 1 fully saturated rings. The normalized spacial score (nSPS) is 18.6. The van der Waals surface area contributed by atoms with Gasteiger partial charge in [0.1, 0.15) is 0 Å². The summed E-state index contributed by atoms with van der Waals surface area (Å²) in [5.41, 5.74) is -0.513. The number of carbonyl (C=O) groups excluding carboxylic acids is 1. The van der Waals surface area contributed by atoms with Crippen LogP contribution in [-0.2, 0) is 4.79 Å². The number of aliphatic carboxylic acids is 1. The van der Waals surface area contributed by atoms with Crippen LogP contribution in [0.4, 0.5) is 4.79 Å². The minimum absolute atomic E-state index is 0.0155. The largest absolute Gasteiger partial charge is 0.481 e. The van der Waals surface area contributed by atoms with Crippen molar-refractivity contribution in [2.75, 3.05) is 12.8 Å². The van der Waals surface area contributed by atoms with Crippen LogP contribution in [0.5, 0.6) is 0 Å². The van der Waals surface area contributed by atoms with Crippen molar-refractivity contribution < 1.29 is 14.7 Å². The number of amides is 2. The van der Waals surface area contributed by atoms with Gasteiger partial charge in [0, 0.05) is 11.8 Å².